The first-order chi connectivity index (χ1) is 8.77. The minimum atomic E-state index is 0.0419. The summed E-state index contributed by atoms with van der Waals surface area (Å²) in [5.74, 6) is 0. The molecule has 0 aliphatic carbocycles. The number of ether oxygens (including phenoxy) is 1. The van der Waals surface area contributed by atoms with E-state index in [1.165, 1.54) is 24.1 Å². The van der Waals surface area contributed by atoms with Crippen LogP contribution in [-0.2, 0) is 4.74 Å². The van der Waals surface area contributed by atoms with Crippen LogP contribution in [0, 0.1) is 6.92 Å². The molecule has 18 heavy (non-hydrogen) atoms. The Balaban J connectivity index is 1.77. The van der Waals surface area contributed by atoms with Gasteiger partial charge < -0.3 is 15.0 Å². The van der Waals surface area contributed by atoms with Crippen LogP contribution in [0.1, 0.15) is 18.4 Å². The largest absolute Gasteiger partial charge is 0.371 e. The number of aryl methyl sites for hydroxylation is 1. The van der Waals surface area contributed by atoms with Gasteiger partial charge in [0.25, 0.3) is 0 Å². The second-order valence-electron chi connectivity index (χ2n) is 5.57. The summed E-state index contributed by atoms with van der Waals surface area (Å²) in [6, 6.07) is 8.78. The lowest BCUT2D eigenvalue weighted by molar-refractivity contribution is -0.0725. The zero-order valence-electron chi connectivity index (χ0n) is 11.1. The molecule has 2 heterocycles. The van der Waals surface area contributed by atoms with E-state index < -0.39 is 0 Å². The van der Waals surface area contributed by atoms with Crippen LogP contribution in [0.4, 0.5) is 5.69 Å². The zero-order valence-corrected chi connectivity index (χ0v) is 11.1. The van der Waals surface area contributed by atoms with E-state index in [9.17, 15) is 0 Å². The molecular formula is C15H22N2O. The smallest absolute Gasteiger partial charge is 0.0981 e. The first kappa shape index (κ1) is 12.0. The summed E-state index contributed by atoms with van der Waals surface area (Å²) in [4.78, 5) is 2.48. The van der Waals surface area contributed by atoms with E-state index in [1.807, 2.05) is 0 Å². The van der Waals surface area contributed by atoms with Crippen LogP contribution in [0.25, 0.3) is 0 Å². The molecule has 1 N–H and O–H groups in total. The summed E-state index contributed by atoms with van der Waals surface area (Å²) in [5.41, 5.74) is 2.71. The minimum absolute atomic E-state index is 0.0419. The number of piperidine rings is 1. The monoisotopic (exact) mass is 246 g/mol. The van der Waals surface area contributed by atoms with Crippen molar-refractivity contribution in [3.8, 4) is 0 Å². The van der Waals surface area contributed by atoms with Crippen LogP contribution in [0.5, 0.6) is 0 Å². The maximum absolute atomic E-state index is 6.08. The molecule has 0 radical (unpaired) electrons. The fraction of sp³-hybridized carbons (Fsp3) is 0.600. The molecule has 3 nitrogen and oxygen atoms in total. The lowest BCUT2D eigenvalue weighted by Gasteiger charge is -2.45. The lowest BCUT2D eigenvalue weighted by atomic mass is 9.91. The summed E-state index contributed by atoms with van der Waals surface area (Å²) in [5, 5.41) is 3.48. The molecule has 2 aliphatic heterocycles. The van der Waals surface area contributed by atoms with Gasteiger partial charge in [0.2, 0.25) is 0 Å². The third kappa shape index (κ3) is 2.38. The van der Waals surface area contributed by atoms with Crippen molar-refractivity contribution in [2.24, 2.45) is 0 Å². The van der Waals surface area contributed by atoms with Crippen molar-refractivity contribution in [1.82, 2.24) is 5.32 Å². The Hall–Kier alpha value is -1.06. The SMILES string of the molecule is Cc1cccc(N2CCCC3(CNCCO3)C2)c1. The van der Waals surface area contributed by atoms with Gasteiger partial charge in [-0.15, -0.1) is 0 Å². The van der Waals surface area contributed by atoms with Crippen molar-refractivity contribution < 1.29 is 4.74 Å². The second-order valence-corrected chi connectivity index (χ2v) is 5.57. The van der Waals surface area contributed by atoms with Gasteiger partial charge in [0.05, 0.1) is 12.2 Å². The Morgan fingerprint density at radius 1 is 1.39 bits per heavy atom. The van der Waals surface area contributed by atoms with Gasteiger partial charge in [0.1, 0.15) is 0 Å². The highest BCUT2D eigenvalue weighted by Gasteiger charge is 2.37. The normalized spacial score (nSPS) is 28.6. The molecule has 1 atom stereocenters. The summed E-state index contributed by atoms with van der Waals surface area (Å²) < 4.78 is 6.08. The molecule has 98 valence electrons. The fourth-order valence-electron chi connectivity index (χ4n) is 3.11. The van der Waals surface area contributed by atoms with Gasteiger partial charge in [0, 0.05) is 31.9 Å². The first-order valence-corrected chi connectivity index (χ1v) is 6.94. The topological polar surface area (TPSA) is 24.5 Å². The van der Waals surface area contributed by atoms with Gasteiger partial charge in [-0.05, 0) is 37.5 Å². The zero-order chi connectivity index (χ0) is 12.4. The van der Waals surface area contributed by atoms with Gasteiger partial charge >= 0.3 is 0 Å². The molecule has 0 saturated carbocycles. The van der Waals surface area contributed by atoms with Gasteiger partial charge in [-0.2, -0.15) is 0 Å². The van der Waals surface area contributed by atoms with Gasteiger partial charge in [-0.3, -0.25) is 0 Å². The van der Waals surface area contributed by atoms with E-state index in [0.717, 1.165) is 32.8 Å². The van der Waals surface area contributed by atoms with E-state index in [2.05, 4.69) is 41.4 Å². The van der Waals surface area contributed by atoms with E-state index in [0.29, 0.717) is 0 Å². The number of hydrogen-bond donors (Lipinski definition) is 1. The number of morpholine rings is 1. The molecule has 2 fully saturated rings. The summed E-state index contributed by atoms with van der Waals surface area (Å²) in [7, 11) is 0. The number of benzene rings is 1. The van der Waals surface area contributed by atoms with Gasteiger partial charge in [-0.1, -0.05) is 12.1 Å². The number of anilines is 1. The molecule has 1 aromatic rings. The first-order valence-electron chi connectivity index (χ1n) is 6.94. The molecule has 0 bridgehead atoms. The molecule has 0 amide bonds. The predicted octanol–water partition coefficient (Wildman–Crippen LogP) is 1.95. The quantitative estimate of drug-likeness (QED) is 0.819. The van der Waals surface area contributed by atoms with Crippen LogP contribution in [0.15, 0.2) is 24.3 Å². The van der Waals surface area contributed by atoms with E-state index >= 15 is 0 Å². The lowest BCUT2D eigenvalue weighted by Crippen LogP contribution is -2.58. The van der Waals surface area contributed by atoms with Crippen molar-refractivity contribution in [2.45, 2.75) is 25.4 Å². The Morgan fingerprint density at radius 3 is 3.11 bits per heavy atom. The molecular weight excluding hydrogens is 224 g/mol. The molecule has 1 spiro atoms. The predicted molar refractivity (Wildman–Crippen MR) is 74.2 cm³/mol. The third-order valence-corrected chi connectivity index (χ3v) is 4.04. The summed E-state index contributed by atoms with van der Waals surface area (Å²) in [6.07, 6.45) is 2.40. The average molecular weight is 246 g/mol. The highest BCUT2D eigenvalue weighted by molar-refractivity contribution is 5.49. The number of nitrogens with one attached hydrogen (secondary N) is 1. The van der Waals surface area contributed by atoms with Crippen LogP contribution < -0.4 is 10.2 Å². The van der Waals surface area contributed by atoms with Crippen LogP contribution in [0.2, 0.25) is 0 Å². The Labute approximate surface area is 109 Å². The number of hydrogen-bond acceptors (Lipinski definition) is 3. The third-order valence-electron chi connectivity index (χ3n) is 4.04. The number of rotatable bonds is 1. The van der Waals surface area contributed by atoms with Gasteiger partial charge in [0.15, 0.2) is 0 Å². The standard InChI is InChI=1S/C15H22N2O/c1-13-4-2-5-14(10-13)17-8-3-6-15(12-17)11-16-7-9-18-15/h2,4-5,10,16H,3,6-9,11-12H2,1H3. The molecule has 0 aromatic heterocycles. The van der Waals surface area contributed by atoms with E-state index in [1.54, 1.807) is 0 Å². The van der Waals surface area contributed by atoms with Crippen molar-refractivity contribution in [3.05, 3.63) is 29.8 Å². The maximum atomic E-state index is 6.08. The van der Waals surface area contributed by atoms with Gasteiger partial charge in [-0.25, -0.2) is 0 Å². The number of nitrogens with zero attached hydrogens (tertiary/aromatic N) is 1. The van der Waals surface area contributed by atoms with E-state index in [4.69, 9.17) is 4.74 Å². The summed E-state index contributed by atoms with van der Waals surface area (Å²) >= 11 is 0. The van der Waals surface area contributed by atoms with Crippen LogP contribution >= 0.6 is 0 Å². The molecule has 2 saturated heterocycles. The fourth-order valence-corrected chi connectivity index (χ4v) is 3.11. The molecule has 1 aromatic carbocycles. The second kappa shape index (κ2) is 4.90. The van der Waals surface area contributed by atoms with Crippen molar-refractivity contribution in [1.29, 1.82) is 0 Å². The average Bonchev–Trinajstić information content (AvgIpc) is 2.40. The Kier molecular flexibility index (Phi) is 3.27. The Bertz CT molecular complexity index is 407. The van der Waals surface area contributed by atoms with Crippen LogP contribution in [-0.4, -0.2) is 38.4 Å². The molecule has 3 heteroatoms. The van der Waals surface area contributed by atoms with E-state index in [-0.39, 0.29) is 5.60 Å². The Morgan fingerprint density at radius 2 is 2.33 bits per heavy atom. The highest BCUT2D eigenvalue weighted by atomic mass is 16.5. The molecule has 1 unspecified atom stereocenters. The minimum Gasteiger partial charge on any atom is -0.371 e. The van der Waals surface area contributed by atoms with Crippen molar-refractivity contribution in [3.63, 3.8) is 0 Å². The maximum Gasteiger partial charge on any atom is 0.0981 e. The molecule has 2 aliphatic rings. The van der Waals surface area contributed by atoms with Crippen LogP contribution in [0.3, 0.4) is 0 Å². The van der Waals surface area contributed by atoms with Crippen molar-refractivity contribution >= 4 is 5.69 Å². The highest BCUT2D eigenvalue weighted by Crippen LogP contribution is 2.29. The van der Waals surface area contributed by atoms with Crippen molar-refractivity contribution in [2.75, 3.05) is 37.7 Å². The molecule has 3 rings (SSSR count). The summed E-state index contributed by atoms with van der Waals surface area (Å²) in [6.45, 7) is 7.16.